The Hall–Kier alpha value is -1.81. The summed E-state index contributed by atoms with van der Waals surface area (Å²) >= 11 is 0. The molecule has 35 heavy (non-hydrogen) atoms. The van der Waals surface area contributed by atoms with Crippen LogP contribution >= 0.6 is 0 Å². The summed E-state index contributed by atoms with van der Waals surface area (Å²) in [5.41, 5.74) is 4.21. The van der Waals surface area contributed by atoms with Crippen molar-refractivity contribution >= 4 is 0 Å². The van der Waals surface area contributed by atoms with E-state index in [4.69, 9.17) is 4.74 Å². The maximum atomic E-state index is 5.72. The highest BCUT2D eigenvalue weighted by Gasteiger charge is 2.19. The summed E-state index contributed by atoms with van der Waals surface area (Å²) < 4.78 is 5.72. The molecule has 0 bridgehead atoms. The highest BCUT2D eigenvalue weighted by Crippen LogP contribution is 2.34. The molecular weight excluding hydrogens is 430 g/mol. The van der Waals surface area contributed by atoms with E-state index in [0.29, 0.717) is 0 Å². The highest BCUT2D eigenvalue weighted by molar-refractivity contribution is 5.57. The molecule has 1 saturated carbocycles. The lowest BCUT2D eigenvalue weighted by atomic mass is 10.0. The van der Waals surface area contributed by atoms with E-state index in [2.05, 4.69) is 46.4 Å². The molecule has 1 aliphatic rings. The van der Waals surface area contributed by atoms with Gasteiger partial charge in [0.1, 0.15) is 0 Å². The molecule has 0 unspecified atom stereocenters. The Bertz CT molecular complexity index is 771. The van der Waals surface area contributed by atoms with Gasteiger partial charge in [0.15, 0.2) is 0 Å². The standard InChI is InChI=1S/C31H49N3O/c1-2-3-4-13-24-35-25-14-12-17-30-22-23-31(34-33-30)28-20-21-29(32-26-28)16-11-9-7-5-6-8-10-15-27-18-19-27/h20-23,26-27H,2-19,24-25H2,1H3. The van der Waals surface area contributed by atoms with E-state index in [1.54, 1.807) is 0 Å². The van der Waals surface area contributed by atoms with Gasteiger partial charge in [-0.2, -0.15) is 10.2 Å². The third-order valence-corrected chi connectivity index (χ3v) is 7.20. The van der Waals surface area contributed by atoms with Gasteiger partial charge < -0.3 is 4.74 Å². The fourth-order valence-electron chi connectivity index (χ4n) is 4.64. The molecule has 0 saturated heterocycles. The van der Waals surface area contributed by atoms with Crippen LogP contribution in [-0.4, -0.2) is 28.4 Å². The largest absolute Gasteiger partial charge is 0.381 e. The molecule has 2 aromatic rings. The van der Waals surface area contributed by atoms with Gasteiger partial charge in [0.05, 0.1) is 11.4 Å². The third kappa shape index (κ3) is 12.6. The van der Waals surface area contributed by atoms with Crippen molar-refractivity contribution in [2.45, 2.75) is 122 Å². The van der Waals surface area contributed by atoms with Gasteiger partial charge in [-0.05, 0) is 68.7 Å². The molecule has 0 radical (unpaired) electrons. The maximum Gasteiger partial charge on any atom is 0.0945 e. The van der Waals surface area contributed by atoms with Crippen LogP contribution in [0.25, 0.3) is 11.3 Å². The number of aryl methyl sites for hydroxylation is 2. The van der Waals surface area contributed by atoms with E-state index in [1.807, 2.05) is 6.20 Å². The lowest BCUT2D eigenvalue weighted by Gasteiger charge is -2.06. The van der Waals surface area contributed by atoms with Gasteiger partial charge in [-0.25, -0.2) is 0 Å². The van der Waals surface area contributed by atoms with Crippen LogP contribution in [0.2, 0.25) is 0 Å². The molecular formula is C31H49N3O. The van der Waals surface area contributed by atoms with E-state index in [0.717, 1.165) is 61.8 Å². The smallest absolute Gasteiger partial charge is 0.0945 e. The predicted molar refractivity (Wildman–Crippen MR) is 147 cm³/mol. The number of aromatic nitrogens is 3. The third-order valence-electron chi connectivity index (χ3n) is 7.20. The number of unbranched alkanes of at least 4 members (excludes halogenated alkanes) is 10. The van der Waals surface area contributed by atoms with Crippen LogP contribution in [0.15, 0.2) is 30.5 Å². The van der Waals surface area contributed by atoms with Gasteiger partial charge in [-0.1, -0.05) is 84.0 Å². The Morgan fingerprint density at radius 3 is 2.03 bits per heavy atom. The summed E-state index contributed by atoms with van der Waals surface area (Å²) in [7, 11) is 0. The van der Waals surface area contributed by atoms with Crippen LogP contribution in [-0.2, 0) is 17.6 Å². The molecule has 0 aliphatic heterocycles. The SMILES string of the molecule is CCCCCCOCCCCc1ccc(-c2ccc(CCCCCCCCCC3CC3)nc2)nn1. The molecule has 2 aromatic heterocycles. The van der Waals surface area contributed by atoms with Crippen LogP contribution in [0, 0.1) is 5.92 Å². The predicted octanol–water partition coefficient (Wildman–Crippen LogP) is 8.53. The average Bonchev–Trinajstić information content (AvgIpc) is 3.72. The minimum atomic E-state index is 0.857. The van der Waals surface area contributed by atoms with Crippen LogP contribution in [0.4, 0.5) is 0 Å². The van der Waals surface area contributed by atoms with Crippen molar-refractivity contribution in [2.75, 3.05) is 13.2 Å². The number of hydrogen-bond donors (Lipinski definition) is 0. The van der Waals surface area contributed by atoms with Crippen molar-refractivity contribution < 1.29 is 4.74 Å². The molecule has 0 atom stereocenters. The Balaban J connectivity index is 1.22. The zero-order chi connectivity index (χ0) is 24.4. The minimum absolute atomic E-state index is 0.857. The van der Waals surface area contributed by atoms with E-state index < -0.39 is 0 Å². The zero-order valence-electron chi connectivity index (χ0n) is 22.4. The van der Waals surface area contributed by atoms with Gasteiger partial charge in [0.2, 0.25) is 0 Å². The van der Waals surface area contributed by atoms with Gasteiger partial charge in [-0.3, -0.25) is 4.98 Å². The number of hydrogen-bond acceptors (Lipinski definition) is 4. The first-order chi connectivity index (χ1) is 17.3. The molecule has 0 spiro atoms. The average molecular weight is 480 g/mol. The number of rotatable bonds is 21. The van der Waals surface area contributed by atoms with Crippen molar-refractivity contribution in [2.24, 2.45) is 5.92 Å². The van der Waals surface area contributed by atoms with Crippen molar-refractivity contribution in [3.63, 3.8) is 0 Å². The zero-order valence-corrected chi connectivity index (χ0v) is 22.4. The number of nitrogens with zero attached hydrogens (tertiary/aromatic N) is 3. The lowest BCUT2D eigenvalue weighted by Crippen LogP contribution is -2.00. The Morgan fingerprint density at radius 2 is 1.34 bits per heavy atom. The van der Waals surface area contributed by atoms with E-state index >= 15 is 0 Å². The van der Waals surface area contributed by atoms with Crippen molar-refractivity contribution in [3.8, 4) is 11.3 Å². The summed E-state index contributed by atoms with van der Waals surface area (Å²) in [6.07, 6.45) is 25.4. The first-order valence-electron chi connectivity index (χ1n) is 14.7. The molecule has 1 aliphatic carbocycles. The molecule has 4 nitrogen and oxygen atoms in total. The Labute approximate surface area is 214 Å². The fraction of sp³-hybridized carbons (Fsp3) is 0.710. The minimum Gasteiger partial charge on any atom is -0.381 e. The maximum absolute atomic E-state index is 5.72. The molecule has 1 fully saturated rings. The van der Waals surface area contributed by atoms with Crippen LogP contribution in [0.3, 0.4) is 0 Å². The lowest BCUT2D eigenvalue weighted by molar-refractivity contribution is 0.126. The molecule has 194 valence electrons. The van der Waals surface area contributed by atoms with Gasteiger partial charge in [0, 0.05) is 30.7 Å². The van der Waals surface area contributed by atoms with Gasteiger partial charge >= 0.3 is 0 Å². The Morgan fingerprint density at radius 1 is 0.686 bits per heavy atom. The van der Waals surface area contributed by atoms with E-state index in [9.17, 15) is 0 Å². The quantitative estimate of drug-likeness (QED) is 0.168. The second-order valence-corrected chi connectivity index (χ2v) is 10.5. The second kappa shape index (κ2) is 17.6. The summed E-state index contributed by atoms with van der Waals surface area (Å²) in [5.74, 6) is 1.10. The second-order valence-electron chi connectivity index (χ2n) is 10.5. The fourth-order valence-corrected chi connectivity index (χ4v) is 4.64. The summed E-state index contributed by atoms with van der Waals surface area (Å²) in [6.45, 7) is 4.00. The molecule has 2 heterocycles. The van der Waals surface area contributed by atoms with Gasteiger partial charge in [0.25, 0.3) is 0 Å². The van der Waals surface area contributed by atoms with Crippen molar-refractivity contribution in [1.82, 2.24) is 15.2 Å². The molecule has 4 heteroatoms. The first kappa shape index (κ1) is 27.8. The van der Waals surface area contributed by atoms with Crippen molar-refractivity contribution in [3.05, 3.63) is 41.9 Å². The van der Waals surface area contributed by atoms with E-state index in [-0.39, 0.29) is 0 Å². The van der Waals surface area contributed by atoms with Crippen LogP contribution in [0.5, 0.6) is 0 Å². The molecule has 3 rings (SSSR count). The highest BCUT2D eigenvalue weighted by atomic mass is 16.5. The number of pyridine rings is 1. The summed E-state index contributed by atoms with van der Waals surface area (Å²) in [5, 5.41) is 8.88. The molecule has 0 amide bonds. The monoisotopic (exact) mass is 479 g/mol. The number of ether oxygens (including phenoxy) is 1. The first-order valence-corrected chi connectivity index (χ1v) is 14.7. The summed E-state index contributed by atoms with van der Waals surface area (Å²) in [4.78, 5) is 4.68. The Kier molecular flexibility index (Phi) is 14.0. The summed E-state index contributed by atoms with van der Waals surface area (Å²) in [6, 6.07) is 8.48. The topological polar surface area (TPSA) is 47.9 Å². The van der Waals surface area contributed by atoms with Crippen molar-refractivity contribution in [1.29, 1.82) is 0 Å². The molecule has 0 aromatic carbocycles. The van der Waals surface area contributed by atoms with Crippen LogP contribution in [0.1, 0.15) is 121 Å². The van der Waals surface area contributed by atoms with Crippen LogP contribution < -0.4 is 0 Å². The van der Waals surface area contributed by atoms with E-state index in [1.165, 1.54) is 95.6 Å². The molecule has 0 N–H and O–H groups in total. The van der Waals surface area contributed by atoms with Gasteiger partial charge in [-0.15, -0.1) is 0 Å². The normalized spacial score (nSPS) is 13.4.